The second-order valence-corrected chi connectivity index (χ2v) is 6.59. The predicted octanol–water partition coefficient (Wildman–Crippen LogP) is 4.70. The van der Waals surface area contributed by atoms with Crippen molar-refractivity contribution in [1.29, 1.82) is 0 Å². The van der Waals surface area contributed by atoms with Crippen LogP contribution in [0.15, 0.2) is 54.6 Å². The highest BCUT2D eigenvalue weighted by atomic mass is 16.5. The summed E-state index contributed by atoms with van der Waals surface area (Å²) in [7, 11) is 0. The first-order valence-corrected chi connectivity index (χ1v) is 8.71. The summed E-state index contributed by atoms with van der Waals surface area (Å²) in [5.41, 5.74) is 3.92. The number of nitrogens with one attached hydrogen (secondary N) is 1. The Bertz CT molecular complexity index is 774. The molecule has 0 saturated heterocycles. The van der Waals surface area contributed by atoms with Crippen molar-refractivity contribution in [3.8, 4) is 0 Å². The standard InChI is InChI=1S/C22H25NO3/c1-15(2)19-10-7-18(8-11-19)9-14-21(24)26-17(4)22(25)23-20-12-5-16(3)6-13-20/h5-15,17H,1-4H3,(H,23,25)/b14-9+/t17-/m1/s1. The summed E-state index contributed by atoms with van der Waals surface area (Å²) in [6.45, 7) is 7.78. The van der Waals surface area contributed by atoms with Crippen molar-refractivity contribution in [2.24, 2.45) is 0 Å². The van der Waals surface area contributed by atoms with Gasteiger partial charge in [-0.1, -0.05) is 55.8 Å². The lowest BCUT2D eigenvalue weighted by molar-refractivity contribution is -0.148. The molecule has 2 aromatic carbocycles. The van der Waals surface area contributed by atoms with Crippen LogP contribution >= 0.6 is 0 Å². The highest BCUT2D eigenvalue weighted by Crippen LogP contribution is 2.15. The molecule has 4 heteroatoms. The van der Waals surface area contributed by atoms with Gasteiger partial charge in [-0.15, -0.1) is 0 Å². The molecule has 0 radical (unpaired) electrons. The van der Waals surface area contributed by atoms with E-state index < -0.39 is 12.1 Å². The summed E-state index contributed by atoms with van der Waals surface area (Å²) in [5.74, 6) is -0.452. The van der Waals surface area contributed by atoms with Gasteiger partial charge in [-0.3, -0.25) is 4.79 Å². The molecule has 136 valence electrons. The van der Waals surface area contributed by atoms with E-state index in [1.807, 2.05) is 55.5 Å². The molecule has 0 saturated carbocycles. The van der Waals surface area contributed by atoms with Crippen molar-refractivity contribution in [2.75, 3.05) is 5.32 Å². The molecule has 0 aliphatic carbocycles. The van der Waals surface area contributed by atoms with Gasteiger partial charge in [0.2, 0.25) is 0 Å². The lowest BCUT2D eigenvalue weighted by atomic mass is 10.0. The number of ether oxygens (including phenoxy) is 1. The SMILES string of the molecule is Cc1ccc(NC(=O)[C@@H](C)OC(=O)/C=C/c2ccc(C(C)C)cc2)cc1. The maximum atomic E-state index is 12.1. The molecule has 0 fully saturated rings. The summed E-state index contributed by atoms with van der Waals surface area (Å²) < 4.78 is 5.15. The van der Waals surface area contributed by atoms with Crippen LogP contribution in [0, 0.1) is 6.92 Å². The number of anilines is 1. The summed E-state index contributed by atoms with van der Waals surface area (Å²) in [6.07, 6.45) is 2.13. The van der Waals surface area contributed by atoms with Crippen molar-refractivity contribution in [3.05, 3.63) is 71.3 Å². The number of hydrogen-bond donors (Lipinski definition) is 1. The summed E-state index contributed by atoms with van der Waals surface area (Å²) >= 11 is 0. The largest absolute Gasteiger partial charge is 0.449 e. The van der Waals surface area contributed by atoms with E-state index in [4.69, 9.17) is 4.74 Å². The van der Waals surface area contributed by atoms with Crippen LogP contribution in [-0.2, 0) is 14.3 Å². The van der Waals surface area contributed by atoms with Gasteiger partial charge in [-0.2, -0.15) is 0 Å². The van der Waals surface area contributed by atoms with E-state index in [1.165, 1.54) is 11.6 Å². The van der Waals surface area contributed by atoms with Crippen LogP contribution in [-0.4, -0.2) is 18.0 Å². The fourth-order valence-electron chi connectivity index (χ4n) is 2.30. The molecule has 4 nitrogen and oxygen atoms in total. The Morgan fingerprint density at radius 1 is 0.962 bits per heavy atom. The molecule has 0 aliphatic heterocycles. The predicted molar refractivity (Wildman–Crippen MR) is 105 cm³/mol. The Morgan fingerprint density at radius 2 is 1.58 bits per heavy atom. The molecule has 0 unspecified atom stereocenters. The first kappa shape index (κ1) is 19.4. The summed E-state index contributed by atoms with van der Waals surface area (Å²) in [5, 5.41) is 2.72. The topological polar surface area (TPSA) is 55.4 Å². The van der Waals surface area contributed by atoms with Gasteiger partial charge in [0.05, 0.1) is 0 Å². The van der Waals surface area contributed by atoms with Crippen molar-refractivity contribution < 1.29 is 14.3 Å². The smallest absolute Gasteiger partial charge is 0.331 e. The first-order valence-electron chi connectivity index (χ1n) is 8.71. The highest BCUT2D eigenvalue weighted by molar-refractivity contribution is 5.96. The van der Waals surface area contributed by atoms with Gasteiger partial charge in [-0.05, 0) is 49.1 Å². The zero-order valence-corrected chi connectivity index (χ0v) is 15.7. The van der Waals surface area contributed by atoms with Crippen molar-refractivity contribution >= 4 is 23.6 Å². The van der Waals surface area contributed by atoms with Crippen LogP contribution in [0.1, 0.15) is 43.4 Å². The van der Waals surface area contributed by atoms with Gasteiger partial charge in [-0.25, -0.2) is 4.79 Å². The third-order valence-electron chi connectivity index (χ3n) is 4.00. The molecule has 2 aromatic rings. The van der Waals surface area contributed by atoms with E-state index in [0.29, 0.717) is 11.6 Å². The van der Waals surface area contributed by atoms with E-state index in [1.54, 1.807) is 13.0 Å². The van der Waals surface area contributed by atoms with Crippen LogP contribution in [0.25, 0.3) is 6.08 Å². The van der Waals surface area contributed by atoms with E-state index >= 15 is 0 Å². The molecule has 0 bridgehead atoms. The van der Waals surface area contributed by atoms with E-state index in [-0.39, 0.29) is 5.91 Å². The fourth-order valence-corrected chi connectivity index (χ4v) is 2.30. The second kappa shape index (κ2) is 8.99. The van der Waals surface area contributed by atoms with Gasteiger partial charge < -0.3 is 10.1 Å². The average molecular weight is 351 g/mol. The summed E-state index contributed by atoms with van der Waals surface area (Å²) in [6, 6.07) is 15.4. The molecule has 0 heterocycles. The molecular formula is C22H25NO3. The molecule has 1 N–H and O–H groups in total. The molecule has 2 rings (SSSR count). The van der Waals surface area contributed by atoms with Crippen molar-refractivity contribution in [2.45, 2.75) is 39.7 Å². The number of aryl methyl sites for hydroxylation is 1. The quantitative estimate of drug-likeness (QED) is 0.606. The minimum Gasteiger partial charge on any atom is -0.449 e. The van der Waals surface area contributed by atoms with Crippen LogP contribution in [0.2, 0.25) is 0 Å². The molecule has 1 atom stereocenters. The van der Waals surface area contributed by atoms with Crippen molar-refractivity contribution in [3.63, 3.8) is 0 Å². The van der Waals surface area contributed by atoms with Crippen LogP contribution in [0.5, 0.6) is 0 Å². The molecule has 0 aromatic heterocycles. The van der Waals surface area contributed by atoms with Crippen LogP contribution < -0.4 is 5.32 Å². The molecule has 1 amide bonds. The van der Waals surface area contributed by atoms with E-state index in [0.717, 1.165) is 11.1 Å². The third kappa shape index (κ3) is 5.88. The van der Waals surface area contributed by atoms with Gasteiger partial charge in [0, 0.05) is 11.8 Å². The van der Waals surface area contributed by atoms with Gasteiger partial charge in [0.1, 0.15) is 0 Å². The number of esters is 1. The molecule has 0 spiro atoms. The number of hydrogen-bond acceptors (Lipinski definition) is 3. The second-order valence-electron chi connectivity index (χ2n) is 6.59. The first-order chi connectivity index (χ1) is 12.3. The van der Waals surface area contributed by atoms with E-state index in [9.17, 15) is 9.59 Å². The number of carbonyl (C=O) groups is 2. The summed E-state index contributed by atoms with van der Waals surface area (Å²) in [4.78, 5) is 24.0. The molecular weight excluding hydrogens is 326 g/mol. The number of rotatable bonds is 6. The maximum Gasteiger partial charge on any atom is 0.331 e. The average Bonchev–Trinajstić information content (AvgIpc) is 2.62. The third-order valence-corrected chi connectivity index (χ3v) is 4.00. The minimum atomic E-state index is -0.878. The van der Waals surface area contributed by atoms with Gasteiger partial charge in [0.15, 0.2) is 6.10 Å². The van der Waals surface area contributed by atoms with Crippen LogP contribution in [0.4, 0.5) is 5.69 Å². The monoisotopic (exact) mass is 351 g/mol. The molecule has 0 aliphatic rings. The lowest BCUT2D eigenvalue weighted by Crippen LogP contribution is -2.29. The number of benzene rings is 2. The zero-order valence-electron chi connectivity index (χ0n) is 15.7. The fraction of sp³-hybridized carbons (Fsp3) is 0.273. The Labute approximate surface area is 154 Å². The van der Waals surface area contributed by atoms with E-state index in [2.05, 4.69) is 19.2 Å². The Balaban J connectivity index is 1.87. The Hall–Kier alpha value is -2.88. The Kier molecular flexibility index (Phi) is 6.73. The lowest BCUT2D eigenvalue weighted by Gasteiger charge is -2.12. The van der Waals surface area contributed by atoms with Gasteiger partial charge in [0.25, 0.3) is 5.91 Å². The highest BCUT2D eigenvalue weighted by Gasteiger charge is 2.16. The number of amides is 1. The van der Waals surface area contributed by atoms with Gasteiger partial charge >= 0.3 is 5.97 Å². The molecule has 26 heavy (non-hydrogen) atoms. The van der Waals surface area contributed by atoms with Crippen LogP contribution in [0.3, 0.4) is 0 Å². The minimum absolute atomic E-state index is 0.364. The zero-order chi connectivity index (χ0) is 19.1. The van der Waals surface area contributed by atoms with Crippen molar-refractivity contribution in [1.82, 2.24) is 0 Å². The Morgan fingerprint density at radius 3 is 2.15 bits per heavy atom. The maximum absolute atomic E-state index is 12.1. The normalized spacial score (nSPS) is 12.2. The number of carbonyl (C=O) groups excluding carboxylic acids is 2.